The minimum atomic E-state index is -0.406. The van der Waals surface area contributed by atoms with Gasteiger partial charge in [0.2, 0.25) is 6.79 Å². The molecule has 1 aromatic heterocycles. The zero-order valence-electron chi connectivity index (χ0n) is 19.6. The Labute approximate surface area is 207 Å². The van der Waals surface area contributed by atoms with Crippen molar-refractivity contribution in [3.8, 4) is 34.1 Å². The first-order valence-electron chi connectivity index (χ1n) is 11.6. The Morgan fingerprint density at radius 2 is 1.72 bits per heavy atom. The van der Waals surface area contributed by atoms with E-state index in [1.807, 2.05) is 54.6 Å². The Kier molecular flexibility index (Phi) is 5.58. The van der Waals surface area contributed by atoms with E-state index < -0.39 is 5.97 Å². The Morgan fingerprint density at radius 3 is 2.53 bits per heavy atom. The molecular formula is C28H23NO7. The fraction of sp³-hybridized carbons (Fsp3) is 0.214. The van der Waals surface area contributed by atoms with Crippen molar-refractivity contribution in [2.24, 2.45) is 0 Å². The summed E-state index contributed by atoms with van der Waals surface area (Å²) < 4.78 is 28.1. The van der Waals surface area contributed by atoms with Gasteiger partial charge in [0.15, 0.2) is 23.0 Å². The molecule has 8 heteroatoms. The number of carbonyl (C=O) groups is 1. The van der Waals surface area contributed by atoms with Crippen molar-refractivity contribution in [1.82, 2.24) is 4.98 Å². The van der Waals surface area contributed by atoms with Gasteiger partial charge in [0.05, 0.1) is 23.9 Å². The van der Waals surface area contributed by atoms with Crippen LogP contribution in [0.15, 0.2) is 54.6 Å². The Hall–Kier alpha value is -4.30. The molecule has 3 heterocycles. The lowest BCUT2D eigenvalue weighted by atomic mass is 9.94. The van der Waals surface area contributed by atoms with Crippen molar-refractivity contribution >= 4 is 16.9 Å². The molecule has 0 aliphatic carbocycles. The highest BCUT2D eigenvalue weighted by atomic mass is 16.7. The van der Waals surface area contributed by atoms with Gasteiger partial charge >= 0.3 is 5.97 Å². The lowest BCUT2D eigenvalue weighted by Gasteiger charge is -2.16. The molecule has 0 radical (unpaired) electrons. The average molecular weight is 485 g/mol. The number of carbonyl (C=O) groups excluding carboxylic acids is 1. The van der Waals surface area contributed by atoms with Crippen molar-refractivity contribution in [1.29, 1.82) is 0 Å². The van der Waals surface area contributed by atoms with Crippen LogP contribution in [0.2, 0.25) is 0 Å². The number of hydrogen-bond acceptors (Lipinski definition) is 8. The summed E-state index contributed by atoms with van der Waals surface area (Å²) in [6.45, 7) is 0.729. The van der Waals surface area contributed by atoms with Crippen molar-refractivity contribution in [2.45, 2.75) is 19.6 Å². The second-order valence-corrected chi connectivity index (χ2v) is 8.55. The smallest absolute Gasteiger partial charge is 0.341 e. The number of aliphatic hydroxyl groups excluding tert-OH is 1. The molecule has 182 valence electrons. The SMILES string of the molecule is COc1cc2c(-c3ccc4c(c3)OCO4)c3c(nc2cc1OCc1ccc(CCO)cc1)COC3=O. The predicted molar refractivity (Wildman–Crippen MR) is 131 cm³/mol. The zero-order chi connectivity index (χ0) is 24.6. The predicted octanol–water partition coefficient (Wildman–Crippen LogP) is 4.42. The van der Waals surface area contributed by atoms with Crippen LogP contribution in [0.4, 0.5) is 0 Å². The fourth-order valence-corrected chi connectivity index (χ4v) is 4.57. The molecule has 8 nitrogen and oxygen atoms in total. The molecule has 0 saturated heterocycles. The van der Waals surface area contributed by atoms with E-state index in [4.69, 9.17) is 33.8 Å². The number of ether oxygens (including phenoxy) is 5. The summed E-state index contributed by atoms with van der Waals surface area (Å²) in [5.41, 5.74) is 5.24. The number of fused-ring (bicyclic) bond motifs is 3. The van der Waals surface area contributed by atoms with Crippen LogP contribution in [0.5, 0.6) is 23.0 Å². The van der Waals surface area contributed by atoms with Gasteiger partial charge in [-0.2, -0.15) is 0 Å². The number of aromatic nitrogens is 1. The topological polar surface area (TPSA) is 96.3 Å². The van der Waals surface area contributed by atoms with Gasteiger partial charge in [0, 0.05) is 23.6 Å². The molecule has 6 rings (SSSR count). The molecule has 36 heavy (non-hydrogen) atoms. The minimum Gasteiger partial charge on any atom is -0.493 e. The van der Waals surface area contributed by atoms with Crippen LogP contribution in [0, 0.1) is 0 Å². The molecule has 0 fully saturated rings. The first-order chi connectivity index (χ1) is 17.6. The molecule has 2 aliphatic heterocycles. The first kappa shape index (κ1) is 22.2. The van der Waals surface area contributed by atoms with E-state index in [-0.39, 0.29) is 20.0 Å². The van der Waals surface area contributed by atoms with E-state index in [2.05, 4.69) is 0 Å². The number of esters is 1. The summed E-state index contributed by atoms with van der Waals surface area (Å²) in [5.74, 6) is 1.94. The molecule has 2 aliphatic rings. The van der Waals surface area contributed by atoms with Gasteiger partial charge in [0.25, 0.3) is 0 Å². The third kappa shape index (κ3) is 3.85. The van der Waals surface area contributed by atoms with Crippen LogP contribution in [0.1, 0.15) is 27.2 Å². The van der Waals surface area contributed by atoms with Crippen LogP contribution in [0.3, 0.4) is 0 Å². The van der Waals surface area contributed by atoms with Gasteiger partial charge < -0.3 is 28.8 Å². The van der Waals surface area contributed by atoms with Gasteiger partial charge in [-0.1, -0.05) is 30.3 Å². The van der Waals surface area contributed by atoms with Gasteiger partial charge in [-0.05, 0) is 41.3 Å². The summed E-state index contributed by atoms with van der Waals surface area (Å²) in [6, 6.07) is 17.2. The van der Waals surface area contributed by atoms with Crippen LogP contribution in [-0.4, -0.2) is 36.6 Å². The minimum absolute atomic E-state index is 0.115. The summed E-state index contributed by atoms with van der Waals surface area (Å²) in [4.78, 5) is 17.4. The monoisotopic (exact) mass is 485 g/mol. The molecular weight excluding hydrogens is 462 g/mol. The highest BCUT2D eigenvalue weighted by Gasteiger charge is 2.30. The molecule has 0 atom stereocenters. The number of hydrogen-bond donors (Lipinski definition) is 1. The van der Waals surface area contributed by atoms with Crippen LogP contribution < -0.4 is 18.9 Å². The van der Waals surface area contributed by atoms with Crippen LogP contribution in [-0.2, 0) is 24.4 Å². The normalized spacial score (nSPS) is 13.6. The molecule has 0 saturated carbocycles. The van der Waals surface area contributed by atoms with E-state index in [0.717, 1.165) is 22.1 Å². The highest BCUT2D eigenvalue weighted by Crippen LogP contribution is 2.44. The number of methoxy groups -OCH3 is 1. The van der Waals surface area contributed by atoms with Crippen molar-refractivity contribution < 1.29 is 33.6 Å². The number of benzene rings is 3. The van der Waals surface area contributed by atoms with E-state index in [0.29, 0.717) is 58.4 Å². The van der Waals surface area contributed by atoms with E-state index in [1.54, 1.807) is 7.11 Å². The second kappa shape index (κ2) is 9.05. The van der Waals surface area contributed by atoms with Gasteiger partial charge in [-0.3, -0.25) is 0 Å². The highest BCUT2D eigenvalue weighted by molar-refractivity contribution is 6.09. The molecule has 0 amide bonds. The maximum atomic E-state index is 12.7. The van der Waals surface area contributed by atoms with Gasteiger partial charge in [0.1, 0.15) is 13.2 Å². The number of pyridine rings is 1. The van der Waals surface area contributed by atoms with E-state index >= 15 is 0 Å². The molecule has 0 bridgehead atoms. The summed E-state index contributed by atoms with van der Waals surface area (Å²) in [6.07, 6.45) is 0.619. The lowest BCUT2D eigenvalue weighted by molar-refractivity contribution is 0.0534. The molecule has 4 aromatic rings. The zero-order valence-corrected chi connectivity index (χ0v) is 19.6. The number of nitrogens with zero attached hydrogens (tertiary/aromatic N) is 1. The number of rotatable bonds is 7. The quantitative estimate of drug-likeness (QED) is 0.384. The Balaban J connectivity index is 1.42. The summed E-state index contributed by atoms with van der Waals surface area (Å²) >= 11 is 0. The maximum Gasteiger partial charge on any atom is 0.341 e. The summed E-state index contributed by atoms with van der Waals surface area (Å²) in [5, 5.41) is 9.85. The van der Waals surface area contributed by atoms with Crippen molar-refractivity contribution in [2.75, 3.05) is 20.5 Å². The molecule has 1 N–H and O–H groups in total. The van der Waals surface area contributed by atoms with Gasteiger partial charge in [-0.25, -0.2) is 9.78 Å². The van der Waals surface area contributed by atoms with Crippen LogP contribution >= 0.6 is 0 Å². The van der Waals surface area contributed by atoms with E-state index in [9.17, 15) is 4.79 Å². The first-order valence-corrected chi connectivity index (χ1v) is 11.6. The third-order valence-corrected chi connectivity index (χ3v) is 6.37. The standard InChI is InChI=1S/C28H23NO7/c1-32-23-11-19-20(12-25(23)33-13-17-4-2-16(3-5-17)8-9-30)29-21-14-34-28(31)27(21)26(19)18-6-7-22-24(10-18)36-15-35-22/h2-7,10-12,30H,8-9,13-15H2,1H3. The van der Waals surface area contributed by atoms with Crippen LogP contribution in [0.25, 0.3) is 22.0 Å². The number of aliphatic hydroxyl groups is 1. The van der Waals surface area contributed by atoms with Crippen molar-refractivity contribution in [3.05, 3.63) is 77.0 Å². The summed E-state index contributed by atoms with van der Waals surface area (Å²) in [7, 11) is 1.58. The molecule has 0 unspecified atom stereocenters. The molecule has 3 aromatic carbocycles. The van der Waals surface area contributed by atoms with Gasteiger partial charge in [-0.15, -0.1) is 0 Å². The maximum absolute atomic E-state index is 12.7. The fourth-order valence-electron chi connectivity index (χ4n) is 4.57. The third-order valence-electron chi connectivity index (χ3n) is 6.37. The largest absolute Gasteiger partial charge is 0.493 e. The Bertz CT molecular complexity index is 1480. The Morgan fingerprint density at radius 1 is 0.917 bits per heavy atom. The second-order valence-electron chi connectivity index (χ2n) is 8.55. The van der Waals surface area contributed by atoms with Crippen molar-refractivity contribution in [3.63, 3.8) is 0 Å². The van der Waals surface area contributed by atoms with E-state index in [1.165, 1.54) is 0 Å². The molecule has 0 spiro atoms. The average Bonchev–Trinajstić information content (AvgIpc) is 3.52. The number of cyclic esters (lactones) is 1. The lowest BCUT2D eigenvalue weighted by Crippen LogP contribution is -2.02.